The second-order valence-corrected chi connectivity index (χ2v) is 25.9. The number of rotatable bonds is 27. The number of aliphatic hydroxyl groups is 11. The highest BCUT2D eigenvalue weighted by Crippen LogP contribution is 2.38. The van der Waals surface area contributed by atoms with Crippen molar-refractivity contribution in [2.24, 2.45) is 0 Å². The van der Waals surface area contributed by atoms with Crippen LogP contribution in [-0.4, -0.2) is 364 Å². The van der Waals surface area contributed by atoms with Gasteiger partial charge in [-0.25, -0.2) is 26.9 Å². The van der Waals surface area contributed by atoms with E-state index in [0.29, 0.717) is 6.92 Å². The monoisotopic (exact) mass is 1470 g/mol. The van der Waals surface area contributed by atoms with E-state index in [1.165, 1.54) is 9.44 Å². The largest absolute Gasteiger partial charge is 0.479 e. The van der Waals surface area contributed by atoms with Gasteiger partial charge in [-0.05, 0) is 0 Å². The summed E-state index contributed by atoms with van der Waals surface area (Å²) in [6.45, 7) is -3.70. The van der Waals surface area contributed by atoms with Gasteiger partial charge in [0, 0.05) is 6.92 Å². The molecule has 0 aromatic rings. The number of carbonyl (C=O) groups excluding carboxylic acids is 1. The first-order valence-corrected chi connectivity index (χ1v) is 32.6. The summed E-state index contributed by atoms with van der Waals surface area (Å²) in [7, 11) is -28.5. The van der Waals surface area contributed by atoms with Gasteiger partial charge in [-0.1, -0.05) is 0 Å². The van der Waals surface area contributed by atoms with Gasteiger partial charge in [0.15, 0.2) is 68.3 Å². The average Bonchev–Trinajstić information content (AvgIpc) is 0.773. The molecular formula is C38H61N3O47S5. The molecule has 93 heavy (non-hydrogen) atoms. The third kappa shape index (κ3) is 19.8. The molecule has 540 valence electrons. The first kappa shape index (κ1) is 78.3. The Labute approximate surface area is 519 Å². The van der Waals surface area contributed by atoms with Crippen LogP contribution in [0.4, 0.5) is 0 Å². The fourth-order valence-electron chi connectivity index (χ4n) is 10.1. The molecule has 0 aromatic carbocycles. The van der Waals surface area contributed by atoms with E-state index < -0.39 is 279 Å². The zero-order valence-electron chi connectivity index (χ0n) is 45.9. The Hall–Kier alpha value is -3.65. The zero-order chi connectivity index (χ0) is 70.3. The number of ether oxygens (including phenoxy) is 11. The third-order valence-corrected chi connectivity index (χ3v) is 16.5. The normalized spacial score (nSPS) is 42.4. The van der Waals surface area contributed by atoms with Crippen molar-refractivity contribution in [1.82, 2.24) is 14.8 Å². The van der Waals surface area contributed by atoms with E-state index >= 15 is 0 Å². The van der Waals surface area contributed by atoms with Gasteiger partial charge in [-0.2, -0.15) is 51.5 Å². The SMILES string of the molecule is CC(=O)N[C@@H]1[C@@H](O[C@@H]2[C@@H](O)[C@H](O)[C@@H](O[C@H]3[C@@H](O)[C@H](NS(=O)(=O)O)[C@@H](O[C@H]4C(C(=O)O)O[C@H](O)[C@@H](OS(=O)(=O)O)[C@@H]4O)O[C@@H]3CO)O[C@H]2C(=O)O)OC(COS(=O)(=O)O)[C@@H](O[C@H]2O[C@@H](C(=O)O)[C@H](O[C@@H]3O[C@@H](CO)[C@H](O)[C@H](O)[C@H]3NS(=O)(=O)O)[C@@H](O)[C@@H]2OS(=O)(=O)O)[C@H]1O. The van der Waals surface area contributed by atoms with Crippen LogP contribution in [0.3, 0.4) is 0 Å². The molecule has 50 nitrogen and oxygen atoms in total. The fraction of sp³-hybridized carbons (Fsp3) is 0.895. The molecule has 6 aliphatic heterocycles. The minimum atomic E-state index is -6.00. The summed E-state index contributed by atoms with van der Waals surface area (Å²) >= 11 is 0. The van der Waals surface area contributed by atoms with Crippen LogP contribution in [0.2, 0.25) is 0 Å². The number of carbonyl (C=O) groups is 4. The molecule has 22 N–H and O–H groups in total. The molecule has 30 atom stereocenters. The molecule has 6 fully saturated rings. The predicted molar refractivity (Wildman–Crippen MR) is 269 cm³/mol. The van der Waals surface area contributed by atoms with Gasteiger partial charge in [-0.15, -0.1) is 0 Å². The standard InChI is InChI=1S/C38H61N3O47S5/c1-5(44)39-9-14(47)21(81-38-26(88-93(72,73)74)19(52)24(29(86-38)32(57)58)84-35-10(40-89(60,61)62)13(46)12(45)6(2-42)76-35)8(4-75-91(66,67)68)78-34(9)82-22-16(49)17(50)37(85-28(22)31(55)56)80-20-7(3-43)77-36(11(15(20)48)41-90(63,64)65)83-23-18(51)25(87-92(69,70)71)33(59)79-27(23)30(53)54/h6-29,33-38,40-43,45-52,59H,2-4H2,1H3,(H,39,44)(H,53,54)(H,55,56)(H,57,58)(H,60,61,62)(H,63,64,65)(H,66,67,68)(H,69,70,71)(H,72,73,74)/t6-,7+,8?,9-,10+,11-,12-,13+,14-,15-,16-,17-,18+,19+,20+,21+,22+,23+,24+,25-,26-,27?,28+,29+,33-,34+,35-,36+,37-,38-/m0/s1. The Morgan fingerprint density at radius 3 is 1.22 bits per heavy atom. The van der Waals surface area contributed by atoms with E-state index in [1.54, 1.807) is 0 Å². The maximum Gasteiger partial charge on any atom is 0.397 e. The van der Waals surface area contributed by atoms with Crippen molar-refractivity contribution in [3.05, 3.63) is 0 Å². The van der Waals surface area contributed by atoms with Crippen LogP contribution < -0.4 is 14.8 Å². The van der Waals surface area contributed by atoms with Crippen LogP contribution in [0.5, 0.6) is 0 Å². The van der Waals surface area contributed by atoms with Gasteiger partial charge in [-0.3, -0.25) is 27.6 Å². The second kappa shape index (κ2) is 30.6. The molecule has 0 saturated carbocycles. The number of carboxylic acids is 3. The van der Waals surface area contributed by atoms with Crippen molar-refractivity contribution in [2.45, 2.75) is 191 Å². The summed E-state index contributed by atoms with van der Waals surface area (Å²) in [5, 5.41) is 153. The highest BCUT2D eigenvalue weighted by atomic mass is 32.3. The van der Waals surface area contributed by atoms with Crippen molar-refractivity contribution in [2.75, 3.05) is 19.8 Å². The minimum absolute atomic E-state index is 0.692. The van der Waals surface area contributed by atoms with E-state index in [1.807, 2.05) is 5.32 Å². The lowest BCUT2D eigenvalue weighted by Crippen LogP contribution is -2.71. The lowest BCUT2D eigenvalue weighted by molar-refractivity contribution is -0.377. The molecular weight excluding hydrogens is 1410 g/mol. The van der Waals surface area contributed by atoms with Crippen molar-refractivity contribution in [3.8, 4) is 0 Å². The minimum Gasteiger partial charge on any atom is -0.479 e. The quantitative estimate of drug-likeness (QED) is 0.0340. The Morgan fingerprint density at radius 2 is 0.763 bits per heavy atom. The third-order valence-electron chi connectivity index (χ3n) is 14.0. The number of aliphatic hydroxyl groups excluding tert-OH is 11. The van der Waals surface area contributed by atoms with Gasteiger partial charge >= 0.3 is 69.7 Å². The van der Waals surface area contributed by atoms with Crippen LogP contribution in [0.15, 0.2) is 0 Å². The molecule has 0 aromatic heterocycles. The van der Waals surface area contributed by atoms with E-state index in [2.05, 4.69) is 12.5 Å². The van der Waals surface area contributed by atoms with Crippen molar-refractivity contribution in [3.63, 3.8) is 0 Å². The summed E-state index contributed by atoms with van der Waals surface area (Å²) in [5.74, 6) is -7.92. The molecule has 6 saturated heterocycles. The van der Waals surface area contributed by atoms with Crippen LogP contribution in [0, 0.1) is 0 Å². The van der Waals surface area contributed by atoms with Gasteiger partial charge in [0.25, 0.3) is 0 Å². The summed E-state index contributed by atoms with van der Waals surface area (Å²) in [5.41, 5.74) is 0. The van der Waals surface area contributed by atoms with E-state index in [9.17, 15) is 156 Å². The molecule has 1 amide bonds. The number of hydrogen-bond donors (Lipinski definition) is 22. The molecule has 0 radical (unpaired) electrons. The van der Waals surface area contributed by atoms with E-state index in [0.717, 1.165) is 0 Å². The molecule has 6 aliphatic rings. The van der Waals surface area contributed by atoms with Crippen LogP contribution in [0.25, 0.3) is 0 Å². The molecule has 6 rings (SSSR count). The van der Waals surface area contributed by atoms with Crippen LogP contribution in [0.1, 0.15) is 6.92 Å². The Kier molecular flexibility index (Phi) is 25.8. The first-order chi connectivity index (χ1) is 42.7. The summed E-state index contributed by atoms with van der Waals surface area (Å²) in [6, 6.07) is -7.46. The van der Waals surface area contributed by atoms with Crippen molar-refractivity contribution in [1.29, 1.82) is 0 Å². The Bertz CT molecular complexity index is 3210. The predicted octanol–water partition coefficient (Wildman–Crippen LogP) is -15.4. The molecule has 0 aliphatic carbocycles. The average molecular weight is 1470 g/mol. The number of aliphatic carboxylic acids is 3. The number of carboxylic acid groups (broad SMARTS) is 3. The van der Waals surface area contributed by atoms with Crippen LogP contribution >= 0.6 is 0 Å². The van der Waals surface area contributed by atoms with Crippen molar-refractivity contribution >= 4 is 75.6 Å². The Morgan fingerprint density at radius 1 is 0.387 bits per heavy atom. The Balaban J connectivity index is 1.30. The van der Waals surface area contributed by atoms with E-state index in [-0.39, 0.29) is 0 Å². The molecule has 0 spiro atoms. The van der Waals surface area contributed by atoms with Crippen molar-refractivity contribution < 1.29 is 220 Å². The van der Waals surface area contributed by atoms with Gasteiger partial charge in [0.1, 0.15) is 116 Å². The van der Waals surface area contributed by atoms with Crippen LogP contribution in [-0.2, 0) is 136 Å². The molecule has 55 heteroatoms. The number of hydrogen-bond acceptors (Lipinski definition) is 39. The zero-order valence-corrected chi connectivity index (χ0v) is 50.0. The van der Waals surface area contributed by atoms with Gasteiger partial charge < -0.3 is 129 Å². The summed E-state index contributed by atoms with van der Waals surface area (Å²) in [6.07, 6.45) is -71.6. The fourth-order valence-corrected chi connectivity index (χ4v) is 12.5. The lowest BCUT2D eigenvalue weighted by Gasteiger charge is -2.50. The topological polar surface area (TPSA) is 789 Å². The second-order valence-electron chi connectivity index (χ2n) is 20.4. The maximum atomic E-state index is 12.9. The number of amides is 1. The molecule has 6 heterocycles. The maximum absolute atomic E-state index is 12.9. The highest BCUT2D eigenvalue weighted by Gasteiger charge is 2.61. The smallest absolute Gasteiger partial charge is 0.397 e. The summed E-state index contributed by atoms with van der Waals surface area (Å²) < 4.78 is 242. The summed E-state index contributed by atoms with van der Waals surface area (Å²) in [4.78, 5) is 50.6. The first-order valence-electron chi connectivity index (χ1n) is 25.6. The van der Waals surface area contributed by atoms with Gasteiger partial charge in [0.05, 0.1) is 19.8 Å². The number of nitrogens with one attached hydrogen (secondary N) is 3. The lowest BCUT2D eigenvalue weighted by atomic mass is 9.94. The molecule has 2 unspecified atom stereocenters. The highest BCUT2D eigenvalue weighted by molar-refractivity contribution is 7.84. The van der Waals surface area contributed by atoms with E-state index in [4.69, 9.17) is 52.1 Å². The molecule has 0 bridgehead atoms. The van der Waals surface area contributed by atoms with Gasteiger partial charge in [0.2, 0.25) is 5.91 Å².